The lowest BCUT2D eigenvalue weighted by Crippen LogP contribution is -2.50. The molecule has 186 valence electrons. The van der Waals surface area contributed by atoms with Crippen LogP contribution >= 0.6 is 0 Å². The zero-order valence-electron chi connectivity index (χ0n) is 20.5. The minimum Gasteiger partial charge on any atom is -0.354 e. The quantitative estimate of drug-likeness (QED) is 0.410. The number of benzene rings is 3. The average molecular weight is 496 g/mol. The molecule has 0 saturated carbocycles. The first-order chi connectivity index (χ1) is 16.7. The van der Waals surface area contributed by atoms with Crippen LogP contribution in [0.4, 0.5) is 0 Å². The average Bonchev–Trinajstić information content (AvgIpc) is 2.87. The number of unbranched alkanes of at least 4 members (excludes halogenated alkanes) is 1. The number of sulfonamides is 1. The van der Waals surface area contributed by atoms with Crippen molar-refractivity contribution in [3.63, 3.8) is 0 Å². The molecule has 0 aliphatic carbocycles. The molecule has 0 bridgehead atoms. The normalized spacial score (nSPS) is 12.5. The summed E-state index contributed by atoms with van der Waals surface area (Å²) < 4.78 is 27.5. The lowest BCUT2D eigenvalue weighted by molar-refractivity contribution is -0.140. The van der Waals surface area contributed by atoms with E-state index < -0.39 is 22.0 Å². The van der Waals surface area contributed by atoms with Gasteiger partial charge in [0.1, 0.15) is 6.04 Å². The molecule has 0 heterocycles. The van der Waals surface area contributed by atoms with Crippen molar-refractivity contribution in [1.82, 2.24) is 14.5 Å². The van der Waals surface area contributed by atoms with Crippen molar-refractivity contribution in [2.75, 3.05) is 20.1 Å². The summed E-state index contributed by atoms with van der Waals surface area (Å²) in [6.45, 7) is 4.05. The fourth-order valence-corrected chi connectivity index (χ4v) is 4.93. The Labute approximate surface area is 207 Å². The molecule has 35 heavy (non-hydrogen) atoms. The first-order valence-corrected chi connectivity index (χ1v) is 13.2. The van der Waals surface area contributed by atoms with E-state index in [2.05, 4.69) is 5.32 Å². The SMILES string of the molecule is CCCCNC(=O)[C@@H](C)N(Cc1ccccc1)C(=O)CN(C)S(=O)(=O)c1ccc2ccccc2c1. The zero-order chi connectivity index (χ0) is 25.4. The molecule has 2 amide bonds. The number of hydrogen-bond acceptors (Lipinski definition) is 4. The van der Waals surface area contributed by atoms with Crippen molar-refractivity contribution in [1.29, 1.82) is 0 Å². The number of fused-ring (bicyclic) bond motifs is 1. The summed E-state index contributed by atoms with van der Waals surface area (Å²) in [5.41, 5.74) is 0.856. The Balaban J connectivity index is 1.80. The number of carbonyl (C=O) groups is 2. The third-order valence-electron chi connectivity index (χ3n) is 5.98. The van der Waals surface area contributed by atoms with Crippen molar-refractivity contribution in [3.8, 4) is 0 Å². The van der Waals surface area contributed by atoms with Gasteiger partial charge in [-0.05, 0) is 41.8 Å². The van der Waals surface area contributed by atoms with Crippen molar-refractivity contribution in [2.24, 2.45) is 0 Å². The van der Waals surface area contributed by atoms with Crippen molar-refractivity contribution < 1.29 is 18.0 Å². The summed E-state index contributed by atoms with van der Waals surface area (Å²) >= 11 is 0. The van der Waals surface area contributed by atoms with Crippen LogP contribution in [0.15, 0.2) is 77.7 Å². The molecule has 1 N–H and O–H groups in total. The van der Waals surface area contributed by atoms with Gasteiger partial charge in [-0.3, -0.25) is 9.59 Å². The summed E-state index contributed by atoms with van der Waals surface area (Å²) in [7, 11) is -2.53. The van der Waals surface area contributed by atoms with Crippen LogP contribution in [-0.4, -0.2) is 55.6 Å². The first kappa shape index (κ1) is 26.4. The number of carbonyl (C=O) groups excluding carboxylic acids is 2. The van der Waals surface area contributed by atoms with Gasteiger partial charge in [0.15, 0.2) is 0 Å². The van der Waals surface area contributed by atoms with Crippen LogP contribution in [0.25, 0.3) is 10.8 Å². The van der Waals surface area contributed by atoms with E-state index in [9.17, 15) is 18.0 Å². The van der Waals surface area contributed by atoms with Gasteiger partial charge in [0.05, 0.1) is 11.4 Å². The fraction of sp³-hybridized carbons (Fsp3) is 0.333. The van der Waals surface area contributed by atoms with Crippen LogP contribution in [0, 0.1) is 0 Å². The van der Waals surface area contributed by atoms with Crippen LogP contribution in [0.5, 0.6) is 0 Å². The molecule has 0 aliphatic heterocycles. The zero-order valence-corrected chi connectivity index (χ0v) is 21.3. The van der Waals surface area contributed by atoms with Gasteiger partial charge in [0.25, 0.3) is 0 Å². The molecule has 0 aromatic heterocycles. The second-order valence-corrected chi connectivity index (χ2v) is 10.6. The fourth-order valence-electron chi connectivity index (χ4n) is 3.77. The van der Waals surface area contributed by atoms with E-state index in [4.69, 9.17) is 0 Å². The van der Waals surface area contributed by atoms with Gasteiger partial charge >= 0.3 is 0 Å². The topological polar surface area (TPSA) is 86.8 Å². The van der Waals surface area contributed by atoms with Crippen LogP contribution in [0.1, 0.15) is 32.3 Å². The van der Waals surface area contributed by atoms with Gasteiger partial charge in [-0.1, -0.05) is 74.0 Å². The van der Waals surface area contributed by atoms with E-state index in [0.29, 0.717) is 6.54 Å². The third kappa shape index (κ3) is 6.68. The molecule has 0 saturated heterocycles. The van der Waals surface area contributed by atoms with Gasteiger partial charge < -0.3 is 10.2 Å². The van der Waals surface area contributed by atoms with Crippen molar-refractivity contribution >= 4 is 32.6 Å². The lowest BCUT2D eigenvalue weighted by Gasteiger charge is -2.30. The molecule has 1 atom stereocenters. The number of amides is 2. The van der Waals surface area contributed by atoms with Gasteiger partial charge in [0, 0.05) is 20.1 Å². The summed E-state index contributed by atoms with van der Waals surface area (Å²) in [5, 5.41) is 4.60. The van der Waals surface area contributed by atoms with E-state index in [-0.39, 0.29) is 23.9 Å². The highest BCUT2D eigenvalue weighted by atomic mass is 32.2. The molecular weight excluding hydrogens is 462 g/mol. The highest BCUT2D eigenvalue weighted by Crippen LogP contribution is 2.21. The monoisotopic (exact) mass is 495 g/mol. The number of nitrogens with one attached hydrogen (secondary N) is 1. The molecule has 0 radical (unpaired) electrons. The van der Waals surface area contributed by atoms with Gasteiger partial charge in [0.2, 0.25) is 21.8 Å². The van der Waals surface area contributed by atoms with E-state index in [0.717, 1.165) is 33.5 Å². The van der Waals surface area contributed by atoms with Crippen LogP contribution in [-0.2, 0) is 26.2 Å². The van der Waals surface area contributed by atoms with Crippen molar-refractivity contribution in [3.05, 3.63) is 78.4 Å². The highest BCUT2D eigenvalue weighted by molar-refractivity contribution is 7.89. The van der Waals surface area contributed by atoms with Gasteiger partial charge in [-0.2, -0.15) is 4.31 Å². The smallest absolute Gasteiger partial charge is 0.243 e. The summed E-state index contributed by atoms with van der Waals surface area (Å²) in [4.78, 5) is 27.7. The maximum Gasteiger partial charge on any atom is 0.243 e. The summed E-state index contributed by atoms with van der Waals surface area (Å²) in [6, 6.07) is 21.0. The predicted octanol–water partition coefficient (Wildman–Crippen LogP) is 3.79. The van der Waals surface area contributed by atoms with E-state index >= 15 is 0 Å². The molecule has 0 fully saturated rings. The number of hydrogen-bond donors (Lipinski definition) is 1. The second kappa shape index (κ2) is 12.0. The standard InChI is InChI=1S/C27H33N3O4S/c1-4-5-17-28-27(32)21(2)30(19-22-11-7-6-8-12-22)26(31)20-29(3)35(33,34)25-16-15-23-13-9-10-14-24(23)18-25/h6-16,18,21H,4-5,17,19-20H2,1-3H3,(H,28,32)/t21-/m1/s1. The van der Waals surface area contributed by atoms with Gasteiger partial charge in [-0.25, -0.2) is 8.42 Å². The Hall–Kier alpha value is -3.23. The molecule has 0 spiro atoms. The third-order valence-corrected chi connectivity index (χ3v) is 7.78. The number of rotatable bonds is 11. The minimum atomic E-state index is -3.91. The lowest BCUT2D eigenvalue weighted by atomic mass is 10.1. The van der Waals surface area contributed by atoms with Crippen LogP contribution < -0.4 is 5.32 Å². The predicted molar refractivity (Wildman–Crippen MR) is 138 cm³/mol. The van der Waals surface area contributed by atoms with E-state index in [1.807, 2.05) is 61.5 Å². The molecular formula is C27H33N3O4S. The maximum absolute atomic E-state index is 13.4. The van der Waals surface area contributed by atoms with E-state index in [1.54, 1.807) is 25.1 Å². The number of likely N-dealkylation sites (N-methyl/N-ethyl adjacent to an activating group) is 1. The largest absolute Gasteiger partial charge is 0.354 e. The van der Waals surface area contributed by atoms with E-state index in [1.165, 1.54) is 11.9 Å². The maximum atomic E-state index is 13.4. The molecule has 3 rings (SSSR count). The Morgan fingerprint density at radius 3 is 2.29 bits per heavy atom. The molecule has 8 heteroatoms. The first-order valence-electron chi connectivity index (χ1n) is 11.8. The molecule has 3 aromatic carbocycles. The molecule has 7 nitrogen and oxygen atoms in total. The highest BCUT2D eigenvalue weighted by Gasteiger charge is 2.30. The Morgan fingerprint density at radius 2 is 1.60 bits per heavy atom. The Morgan fingerprint density at radius 1 is 0.943 bits per heavy atom. The molecule has 3 aromatic rings. The Bertz CT molecular complexity index is 1260. The summed E-state index contributed by atoms with van der Waals surface area (Å²) in [5.74, 6) is -0.707. The molecule has 0 aliphatic rings. The summed E-state index contributed by atoms with van der Waals surface area (Å²) in [6.07, 6.45) is 1.79. The van der Waals surface area contributed by atoms with Crippen LogP contribution in [0.2, 0.25) is 0 Å². The Kier molecular flexibility index (Phi) is 9.01. The second-order valence-electron chi connectivity index (χ2n) is 8.60. The van der Waals surface area contributed by atoms with Crippen molar-refractivity contribution in [2.45, 2.75) is 44.2 Å². The number of nitrogens with zero attached hydrogens (tertiary/aromatic N) is 2. The van der Waals surface area contributed by atoms with Crippen LogP contribution in [0.3, 0.4) is 0 Å². The van der Waals surface area contributed by atoms with Gasteiger partial charge in [-0.15, -0.1) is 0 Å². The minimum absolute atomic E-state index is 0.117. The molecule has 0 unspecified atom stereocenters.